The van der Waals surface area contributed by atoms with Crippen LogP contribution in [0, 0.1) is 11.7 Å². The standard InChI is InChI=1S/C28H29FN2O3.ClH/c1-3-31(23-7-6-8-24(19-23)34-2)28(33)25-9-4-5-10-26(25)30-17-15-21(16-18-30)27(32)20-11-13-22(29)14-12-20;/h4-14,19,21H,3,15-18H2,1-2H3;1H. The van der Waals surface area contributed by atoms with Gasteiger partial charge in [-0.05, 0) is 68.3 Å². The third-order valence-electron chi connectivity index (χ3n) is 6.40. The van der Waals surface area contributed by atoms with Crippen LogP contribution in [0.15, 0.2) is 72.8 Å². The summed E-state index contributed by atoms with van der Waals surface area (Å²) in [6, 6.07) is 20.9. The Labute approximate surface area is 211 Å². The number of amides is 1. The zero-order valence-corrected chi connectivity index (χ0v) is 20.8. The summed E-state index contributed by atoms with van der Waals surface area (Å²) in [7, 11) is 1.61. The summed E-state index contributed by atoms with van der Waals surface area (Å²) in [5, 5.41) is 0. The van der Waals surface area contributed by atoms with E-state index in [4.69, 9.17) is 4.74 Å². The highest BCUT2D eigenvalue weighted by Crippen LogP contribution is 2.30. The van der Waals surface area contributed by atoms with Crippen LogP contribution in [0.25, 0.3) is 0 Å². The molecule has 3 aromatic rings. The van der Waals surface area contributed by atoms with Gasteiger partial charge < -0.3 is 14.5 Å². The van der Waals surface area contributed by atoms with Gasteiger partial charge in [-0.3, -0.25) is 9.59 Å². The van der Waals surface area contributed by atoms with Gasteiger partial charge in [0.1, 0.15) is 11.6 Å². The molecule has 184 valence electrons. The number of para-hydroxylation sites is 1. The fraction of sp³-hybridized carbons (Fsp3) is 0.286. The maximum atomic E-state index is 13.6. The van der Waals surface area contributed by atoms with E-state index in [2.05, 4.69) is 4.90 Å². The molecule has 1 fully saturated rings. The second-order valence-corrected chi connectivity index (χ2v) is 8.40. The Kier molecular flexibility index (Phi) is 8.88. The molecule has 0 saturated carbocycles. The van der Waals surface area contributed by atoms with E-state index in [-0.39, 0.29) is 35.8 Å². The summed E-state index contributed by atoms with van der Waals surface area (Å²) >= 11 is 0. The molecule has 1 amide bonds. The van der Waals surface area contributed by atoms with Crippen molar-refractivity contribution in [3.8, 4) is 5.75 Å². The van der Waals surface area contributed by atoms with Crippen LogP contribution in [0.2, 0.25) is 0 Å². The number of halogens is 2. The van der Waals surface area contributed by atoms with E-state index in [1.54, 1.807) is 24.1 Å². The van der Waals surface area contributed by atoms with Crippen molar-refractivity contribution in [1.82, 2.24) is 0 Å². The first-order valence-electron chi connectivity index (χ1n) is 11.6. The number of anilines is 2. The van der Waals surface area contributed by atoms with Crippen molar-refractivity contribution < 1.29 is 18.7 Å². The molecule has 0 bridgehead atoms. The van der Waals surface area contributed by atoms with Gasteiger partial charge in [0.25, 0.3) is 5.91 Å². The summed E-state index contributed by atoms with van der Waals surface area (Å²) in [6.45, 7) is 3.82. The van der Waals surface area contributed by atoms with Crippen LogP contribution in [0.4, 0.5) is 15.8 Å². The van der Waals surface area contributed by atoms with E-state index in [9.17, 15) is 14.0 Å². The van der Waals surface area contributed by atoms with Gasteiger partial charge in [0.15, 0.2) is 5.78 Å². The molecule has 3 aromatic carbocycles. The lowest BCUT2D eigenvalue weighted by atomic mass is 9.88. The normalized spacial score (nSPS) is 13.6. The fourth-order valence-corrected chi connectivity index (χ4v) is 4.53. The van der Waals surface area contributed by atoms with Crippen LogP contribution >= 0.6 is 12.4 Å². The minimum absolute atomic E-state index is 0. The second kappa shape index (κ2) is 11.8. The van der Waals surface area contributed by atoms with Crippen molar-refractivity contribution >= 4 is 35.5 Å². The number of piperidine rings is 1. The number of Topliss-reactive ketones (excluding diaryl/α,β-unsaturated/α-hetero) is 1. The van der Waals surface area contributed by atoms with E-state index in [0.29, 0.717) is 49.4 Å². The number of hydrogen-bond donors (Lipinski definition) is 0. The zero-order valence-electron chi connectivity index (χ0n) is 19.9. The van der Waals surface area contributed by atoms with Gasteiger partial charge in [-0.1, -0.05) is 18.2 Å². The minimum atomic E-state index is -0.345. The maximum Gasteiger partial charge on any atom is 0.260 e. The van der Waals surface area contributed by atoms with E-state index in [0.717, 1.165) is 11.4 Å². The third kappa shape index (κ3) is 5.82. The van der Waals surface area contributed by atoms with Gasteiger partial charge in [0.05, 0.1) is 12.7 Å². The van der Waals surface area contributed by atoms with Crippen LogP contribution in [-0.4, -0.2) is 38.4 Å². The van der Waals surface area contributed by atoms with Gasteiger partial charge >= 0.3 is 0 Å². The van der Waals surface area contributed by atoms with Crippen LogP contribution in [0.1, 0.15) is 40.5 Å². The Morgan fingerprint density at radius 3 is 2.34 bits per heavy atom. The van der Waals surface area contributed by atoms with E-state index < -0.39 is 0 Å². The molecule has 0 aliphatic carbocycles. The molecule has 0 atom stereocenters. The lowest BCUT2D eigenvalue weighted by Gasteiger charge is -2.34. The second-order valence-electron chi connectivity index (χ2n) is 8.40. The first-order valence-corrected chi connectivity index (χ1v) is 11.6. The molecule has 0 unspecified atom stereocenters. The molecule has 7 heteroatoms. The highest BCUT2D eigenvalue weighted by molar-refractivity contribution is 6.09. The predicted octanol–water partition coefficient (Wildman–Crippen LogP) is 6.02. The summed E-state index contributed by atoms with van der Waals surface area (Å²) in [4.78, 5) is 30.4. The van der Waals surface area contributed by atoms with Crippen LogP contribution in [0.3, 0.4) is 0 Å². The van der Waals surface area contributed by atoms with E-state index in [1.165, 1.54) is 12.1 Å². The first kappa shape index (κ1) is 26.2. The molecule has 0 aromatic heterocycles. The molecule has 1 aliphatic heterocycles. The van der Waals surface area contributed by atoms with Crippen molar-refractivity contribution in [3.05, 3.63) is 89.7 Å². The van der Waals surface area contributed by atoms with Crippen molar-refractivity contribution in [2.45, 2.75) is 19.8 Å². The van der Waals surface area contributed by atoms with Gasteiger partial charge in [0, 0.05) is 48.6 Å². The SMILES string of the molecule is CCN(C(=O)c1ccccc1N1CCC(C(=O)c2ccc(F)cc2)CC1)c1cccc(OC)c1.Cl. The number of nitrogens with zero attached hydrogens (tertiary/aromatic N) is 2. The number of hydrogen-bond acceptors (Lipinski definition) is 4. The first-order chi connectivity index (χ1) is 16.5. The van der Waals surface area contributed by atoms with Crippen LogP contribution in [0.5, 0.6) is 5.75 Å². The Balaban J connectivity index is 0.00000342. The smallest absolute Gasteiger partial charge is 0.260 e. The van der Waals surface area contributed by atoms with Crippen molar-refractivity contribution in [1.29, 1.82) is 0 Å². The number of carbonyl (C=O) groups is 2. The summed E-state index contributed by atoms with van der Waals surface area (Å²) < 4.78 is 18.5. The quantitative estimate of drug-likeness (QED) is 0.375. The zero-order chi connectivity index (χ0) is 24.1. The topological polar surface area (TPSA) is 49.9 Å². The van der Waals surface area contributed by atoms with Gasteiger partial charge in [-0.15, -0.1) is 12.4 Å². The number of methoxy groups -OCH3 is 1. The number of ether oxygens (including phenoxy) is 1. The Hall–Kier alpha value is -3.38. The average Bonchev–Trinajstić information content (AvgIpc) is 2.89. The molecular weight excluding hydrogens is 467 g/mol. The third-order valence-corrected chi connectivity index (χ3v) is 6.40. The van der Waals surface area contributed by atoms with Crippen LogP contribution in [-0.2, 0) is 0 Å². The summed E-state index contributed by atoms with van der Waals surface area (Å²) in [6.07, 6.45) is 1.37. The summed E-state index contributed by atoms with van der Waals surface area (Å²) in [5.74, 6) is 0.233. The summed E-state index contributed by atoms with van der Waals surface area (Å²) in [5.41, 5.74) is 2.84. The largest absolute Gasteiger partial charge is 0.497 e. The molecule has 1 saturated heterocycles. The number of carbonyl (C=O) groups excluding carboxylic acids is 2. The molecule has 1 heterocycles. The minimum Gasteiger partial charge on any atom is -0.497 e. The van der Waals surface area contributed by atoms with E-state index in [1.807, 2.05) is 55.5 Å². The molecule has 0 spiro atoms. The van der Waals surface area contributed by atoms with Crippen molar-refractivity contribution in [2.24, 2.45) is 5.92 Å². The fourth-order valence-electron chi connectivity index (χ4n) is 4.53. The van der Waals surface area contributed by atoms with E-state index >= 15 is 0 Å². The molecule has 0 N–H and O–H groups in total. The Bertz CT molecular complexity index is 1160. The van der Waals surface area contributed by atoms with Gasteiger partial charge in [0.2, 0.25) is 0 Å². The molecular formula is C28H30ClFN2O3. The number of benzene rings is 3. The highest BCUT2D eigenvalue weighted by atomic mass is 35.5. The van der Waals surface area contributed by atoms with Crippen molar-refractivity contribution in [3.63, 3.8) is 0 Å². The van der Waals surface area contributed by atoms with Gasteiger partial charge in [-0.2, -0.15) is 0 Å². The predicted molar refractivity (Wildman–Crippen MR) is 140 cm³/mol. The van der Waals surface area contributed by atoms with Crippen LogP contribution < -0.4 is 14.5 Å². The maximum absolute atomic E-state index is 13.6. The lowest BCUT2D eigenvalue weighted by Crippen LogP contribution is -2.38. The highest BCUT2D eigenvalue weighted by Gasteiger charge is 2.28. The molecule has 35 heavy (non-hydrogen) atoms. The van der Waals surface area contributed by atoms with Crippen molar-refractivity contribution in [2.75, 3.05) is 36.5 Å². The Morgan fingerprint density at radius 1 is 1.00 bits per heavy atom. The van der Waals surface area contributed by atoms with Gasteiger partial charge in [-0.25, -0.2) is 4.39 Å². The molecule has 0 radical (unpaired) electrons. The molecule has 5 nitrogen and oxygen atoms in total. The number of ketones is 1. The Morgan fingerprint density at radius 2 is 1.69 bits per heavy atom. The number of rotatable bonds is 7. The lowest BCUT2D eigenvalue weighted by molar-refractivity contribution is 0.0899. The molecule has 1 aliphatic rings. The average molecular weight is 497 g/mol. The molecule has 4 rings (SSSR count). The monoisotopic (exact) mass is 496 g/mol.